The van der Waals surface area contributed by atoms with Gasteiger partial charge in [-0.2, -0.15) is 0 Å². The maximum atomic E-state index is 5.68. The highest BCUT2D eigenvalue weighted by atomic mass is 16.5. The molecule has 1 aromatic heterocycles. The van der Waals surface area contributed by atoms with Gasteiger partial charge in [0.25, 0.3) is 0 Å². The van der Waals surface area contributed by atoms with E-state index >= 15 is 0 Å². The summed E-state index contributed by atoms with van der Waals surface area (Å²) in [5.41, 5.74) is 1.06. The summed E-state index contributed by atoms with van der Waals surface area (Å²) < 4.78 is 5.68. The zero-order valence-electron chi connectivity index (χ0n) is 10.3. The van der Waals surface area contributed by atoms with Crippen LogP contribution in [0.5, 0.6) is 5.75 Å². The first-order valence-corrected chi connectivity index (χ1v) is 6.19. The minimum atomic E-state index is 0.769. The highest BCUT2D eigenvalue weighted by Gasteiger charge is 2.01. The van der Waals surface area contributed by atoms with E-state index < -0.39 is 0 Å². The van der Waals surface area contributed by atoms with Gasteiger partial charge in [-0.3, -0.25) is 4.98 Å². The molecule has 0 aromatic carbocycles. The van der Waals surface area contributed by atoms with Crippen LogP contribution < -0.4 is 10.1 Å². The average molecular weight is 222 g/mol. The zero-order chi connectivity index (χ0) is 11.6. The van der Waals surface area contributed by atoms with Gasteiger partial charge in [0.2, 0.25) is 0 Å². The highest BCUT2D eigenvalue weighted by Crippen LogP contribution is 2.22. The smallest absolute Gasteiger partial charge is 0.160 e. The Balaban J connectivity index is 2.46. The van der Waals surface area contributed by atoms with Gasteiger partial charge in [-0.1, -0.05) is 26.7 Å². The molecule has 1 N–H and O–H groups in total. The molecule has 0 saturated carbocycles. The number of nitrogens with zero attached hydrogens (tertiary/aromatic N) is 1. The van der Waals surface area contributed by atoms with Crippen LogP contribution in [-0.4, -0.2) is 18.1 Å². The fourth-order valence-electron chi connectivity index (χ4n) is 1.37. The first-order valence-electron chi connectivity index (χ1n) is 6.19. The van der Waals surface area contributed by atoms with Crippen molar-refractivity contribution in [2.75, 3.05) is 18.5 Å². The van der Waals surface area contributed by atoms with Gasteiger partial charge in [-0.25, -0.2) is 0 Å². The normalized spacial score (nSPS) is 10.1. The van der Waals surface area contributed by atoms with Crippen molar-refractivity contribution in [3.63, 3.8) is 0 Å². The Morgan fingerprint density at radius 2 is 2.06 bits per heavy atom. The molecule has 1 rings (SSSR count). The predicted octanol–water partition coefficient (Wildman–Crippen LogP) is 3.47. The van der Waals surface area contributed by atoms with E-state index in [4.69, 9.17) is 4.74 Å². The fourth-order valence-corrected chi connectivity index (χ4v) is 1.37. The van der Waals surface area contributed by atoms with Gasteiger partial charge in [-0.15, -0.1) is 0 Å². The Bertz CT molecular complexity index is 260. The van der Waals surface area contributed by atoms with Crippen molar-refractivity contribution in [1.29, 1.82) is 0 Å². The molecule has 0 atom stereocenters. The third-order valence-electron chi connectivity index (χ3n) is 2.39. The predicted molar refractivity (Wildman–Crippen MR) is 68.0 cm³/mol. The molecule has 0 aliphatic rings. The van der Waals surface area contributed by atoms with Gasteiger partial charge in [0, 0.05) is 12.7 Å². The third kappa shape index (κ3) is 4.51. The number of nitrogens with one attached hydrogen (secondary N) is 1. The Kier molecular flexibility index (Phi) is 6.38. The third-order valence-corrected chi connectivity index (χ3v) is 2.39. The van der Waals surface area contributed by atoms with E-state index in [2.05, 4.69) is 24.1 Å². The molecule has 0 fully saturated rings. The summed E-state index contributed by atoms with van der Waals surface area (Å²) in [5, 5.41) is 3.38. The molecule has 0 saturated heterocycles. The molecule has 0 radical (unpaired) electrons. The number of unbranched alkanes of at least 4 members (excludes halogenated alkanes) is 2. The van der Waals surface area contributed by atoms with E-state index in [1.54, 1.807) is 12.4 Å². The lowest BCUT2D eigenvalue weighted by Crippen LogP contribution is -2.05. The Hall–Kier alpha value is -1.25. The number of aromatic nitrogens is 1. The maximum absolute atomic E-state index is 5.68. The lowest BCUT2D eigenvalue weighted by atomic mass is 10.3. The molecule has 16 heavy (non-hydrogen) atoms. The summed E-state index contributed by atoms with van der Waals surface area (Å²) in [6, 6.07) is 1.97. The lowest BCUT2D eigenvalue weighted by molar-refractivity contribution is 0.309. The van der Waals surface area contributed by atoms with Crippen molar-refractivity contribution >= 4 is 5.69 Å². The van der Waals surface area contributed by atoms with Crippen molar-refractivity contribution in [1.82, 2.24) is 4.98 Å². The first kappa shape index (κ1) is 12.8. The highest BCUT2D eigenvalue weighted by molar-refractivity contribution is 5.54. The molecule has 0 unspecified atom stereocenters. The Morgan fingerprint density at radius 1 is 1.25 bits per heavy atom. The summed E-state index contributed by atoms with van der Waals surface area (Å²) >= 11 is 0. The topological polar surface area (TPSA) is 34.2 Å². The molecule has 1 aromatic rings. The molecular weight excluding hydrogens is 200 g/mol. The van der Waals surface area contributed by atoms with E-state index in [0.717, 1.165) is 37.4 Å². The Labute approximate surface area is 98.2 Å². The van der Waals surface area contributed by atoms with Crippen molar-refractivity contribution < 1.29 is 4.74 Å². The molecule has 3 heteroatoms. The van der Waals surface area contributed by atoms with Crippen molar-refractivity contribution in [3.05, 3.63) is 18.5 Å². The van der Waals surface area contributed by atoms with E-state index in [-0.39, 0.29) is 0 Å². The second-order valence-electron chi connectivity index (χ2n) is 3.85. The fraction of sp³-hybridized carbons (Fsp3) is 0.615. The van der Waals surface area contributed by atoms with Crippen LogP contribution in [0.1, 0.15) is 39.5 Å². The lowest BCUT2D eigenvalue weighted by Gasteiger charge is -2.12. The van der Waals surface area contributed by atoms with E-state index in [0.29, 0.717) is 0 Å². The van der Waals surface area contributed by atoms with Crippen LogP contribution >= 0.6 is 0 Å². The van der Waals surface area contributed by atoms with Gasteiger partial charge in [-0.05, 0) is 18.9 Å². The number of anilines is 1. The molecule has 0 spiro atoms. The van der Waals surface area contributed by atoms with Crippen molar-refractivity contribution in [2.45, 2.75) is 39.5 Å². The van der Waals surface area contributed by atoms with Crippen LogP contribution in [0.4, 0.5) is 5.69 Å². The SMILES string of the molecule is CCCCNc1ccncc1OCCCC. The second kappa shape index (κ2) is 7.97. The average Bonchev–Trinajstić information content (AvgIpc) is 2.32. The number of hydrogen-bond donors (Lipinski definition) is 1. The van der Waals surface area contributed by atoms with E-state index in [1.165, 1.54) is 12.8 Å². The van der Waals surface area contributed by atoms with Crippen LogP contribution in [-0.2, 0) is 0 Å². The van der Waals surface area contributed by atoms with Crippen LogP contribution in [0.3, 0.4) is 0 Å². The van der Waals surface area contributed by atoms with Gasteiger partial charge in [0.1, 0.15) is 0 Å². The molecule has 90 valence electrons. The summed E-state index contributed by atoms with van der Waals surface area (Å²) in [6.07, 6.45) is 8.19. The van der Waals surface area contributed by atoms with Crippen LogP contribution in [0.15, 0.2) is 18.5 Å². The largest absolute Gasteiger partial charge is 0.490 e. The van der Waals surface area contributed by atoms with E-state index in [1.807, 2.05) is 6.07 Å². The van der Waals surface area contributed by atoms with Crippen molar-refractivity contribution in [3.8, 4) is 5.75 Å². The van der Waals surface area contributed by atoms with Gasteiger partial charge in [0.05, 0.1) is 18.5 Å². The molecule has 0 bridgehead atoms. The molecule has 0 aliphatic heterocycles. The monoisotopic (exact) mass is 222 g/mol. The Morgan fingerprint density at radius 3 is 2.81 bits per heavy atom. The van der Waals surface area contributed by atoms with Gasteiger partial charge >= 0.3 is 0 Å². The summed E-state index contributed by atoms with van der Waals surface area (Å²) in [7, 11) is 0. The number of hydrogen-bond acceptors (Lipinski definition) is 3. The molecule has 3 nitrogen and oxygen atoms in total. The quantitative estimate of drug-likeness (QED) is 0.684. The minimum absolute atomic E-state index is 0.769. The second-order valence-corrected chi connectivity index (χ2v) is 3.85. The molecule has 0 amide bonds. The summed E-state index contributed by atoms with van der Waals surface area (Å²) in [5.74, 6) is 0.868. The molecular formula is C13H22N2O. The maximum Gasteiger partial charge on any atom is 0.160 e. The number of pyridine rings is 1. The van der Waals surface area contributed by atoms with Crippen LogP contribution in [0.25, 0.3) is 0 Å². The molecule has 1 heterocycles. The van der Waals surface area contributed by atoms with Gasteiger partial charge in [0.15, 0.2) is 5.75 Å². The first-order chi connectivity index (χ1) is 7.88. The zero-order valence-corrected chi connectivity index (χ0v) is 10.3. The van der Waals surface area contributed by atoms with E-state index in [9.17, 15) is 0 Å². The van der Waals surface area contributed by atoms with Crippen molar-refractivity contribution in [2.24, 2.45) is 0 Å². The summed E-state index contributed by atoms with van der Waals surface area (Å²) in [4.78, 5) is 4.09. The standard InChI is InChI=1S/C13H22N2O/c1-3-5-8-15-12-7-9-14-11-13(12)16-10-6-4-2/h7,9,11H,3-6,8,10H2,1-2H3,(H,14,15). The van der Waals surface area contributed by atoms with Crippen LogP contribution in [0.2, 0.25) is 0 Å². The minimum Gasteiger partial charge on any atom is -0.490 e. The summed E-state index contributed by atoms with van der Waals surface area (Å²) in [6.45, 7) is 6.11. The van der Waals surface area contributed by atoms with Gasteiger partial charge < -0.3 is 10.1 Å². The molecule has 0 aliphatic carbocycles. The number of ether oxygens (including phenoxy) is 1. The number of rotatable bonds is 8. The van der Waals surface area contributed by atoms with Crippen LogP contribution in [0, 0.1) is 0 Å².